The van der Waals surface area contributed by atoms with Crippen molar-refractivity contribution < 1.29 is 33.3 Å². The van der Waals surface area contributed by atoms with Gasteiger partial charge < -0.3 is 29.2 Å². The predicted molar refractivity (Wildman–Crippen MR) is 119 cm³/mol. The predicted octanol–water partition coefficient (Wildman–Crippen LogP) is 1.66. The van der Waals surface area contributed by atoms with Gasteiger partial charge in [0.2, 0.25) is 5.91 Å². The number of hydrogen-bond acceptors (Lipinski definition) is 7. The first-order chi connectivity index (χ1) is 16.1. The minimum atomic E-state index is -0.938. The molecular weight excluding hydrogens is 428 g/mol. The van der Waals surface area contributed by atoms with Gasteiger partial charge in [-0.25, -0.2) is 0 Å². The summed E-state index contributed by atoms with van der Waals surface area (Å²) >= 11 is 0. The molecule has 9 nitrogen and oxygen atoms in total. The van der Waals surface area contributed by atoms with Crippen LogP contribution in [0.5, 0.6) is 11.5 Å². The van der Waals surface area contributed by atoms with Crippen molar-refractivity contribution in [2.75, 3.05) is 46.6 Å². The number of carbonyl (C=O) groups excluding carboxylic acids is 3. The van der Waals surface area contributed by atoms with Crippen molar-refractivity contribution in [2.45, 2.75) is 12.5 Å². The number of para-hydroxylation sites is 1. The van der Waals surface area contributed by atoms with Gasteiger partial charge >= 0.3 is 5.97 Å². The fourth-order valence-electron chi connectivity index (χ4n) is 3.31. The molecule has 33 heavy (non-hydrogen) atoms. The number of nitrogens with zero attached hydrogens (tertiary/aromatic N) is 1. The van der Waals surface area contributed by atoms with Crippen LogP contribution in [0.2, 0.25) is 0 Å². The number of nitrogens with one attached hydrogen (secondary N) is 1. The Labute approximate surface area is 192 Å². The Kier molecular flexibility index (Phi) is 9.08. The Bertz CT molecular complexity index is 918. The van der Waals surface area contributed by atoms with E-state index in [0.29, 0.717) is 43.4 Å². The summed E-state index contributed by atoms with van der Waals surface area (Å²) in [5.74, 6) is -0.0107. The van der Waals surface area contributed by atoms with E-state index in [2.05, 4.69) is 5.32 Å². The number of rotatable bonds is 11. The molecule has 1 aliphatic heterocycles. The molecule has 0 saturated carbocycles. The van der Waals surface area contributed by atoms with Gasteiger partial charge in [0.15, 0.2) is 0 Å². The quantitative estimate of drug-likeness (QED) is 0.405. The highest BCUT2D eigenvalue weighted by molar-refractivity contribution is 5.99. The fraction of sp³-hybridized carbons (Fsp3) is 0.375. The van der Waals surface area contributed by atoms with E-state index in [0.717, 1.165) is 0 Å². The second-order valence-corrected chi connectivity index (χ2v) is 7.26. The van der Waals surface area contributed by atoms with E-state index < -0.39 is 12.0 Å². The molecule has 1 N–H and O–H groups in total. The standard InChI is InChI=1S/C24H28N2O7/c1-30-13-14-31-20-9-7-18(8-10-20)24(29)26-12-11-25-23(28)21(26)17-22(27)33-16-15-32-19-5-3-2-4-6-19/h2-10,21H,11-17H2,1H3,(H,25,28). The molecule has 176 valence electrons. The second-order valence-electron chi connectivity index (χ2n) is 7.26. The number of piperazine rings is 1. The third-order valence-corrected chi connectivity index (χ3v) is 4.97. The lowest BCUT2D eigenvalue weighted by molar-refractivity contribution is -0.148. The van der Waals surface area contributed by atoms with Gasteiger partial charge in [0.05, 0.1) is 13.0 Å². The molecule has 1 atom stereocenters. The van der Waals surface area contributed by atoms with Crippen molar-refractivity contribution in [2.24, 2.45) is 0 Å². The van der Waals surface area contributed by atoms with Gasteiger partial charge in [-0.1, -0.05) is 18.2 Å². The number of methoxy groups -OCH3 is 1. The molecule has 2 amide bonds. The maximum Gasteiger partial charge on any atom is 0.308 e. The van der Waals surface area contributed by atoms with Gasteiger partial charge in [-0.05, 0) is 36.4 Å². The van der Waals surface area contributed by atoms with Crippen molar-refractivity contribution >= 4 is 17.8 Å². The second kappa shape index (κ2) is 12.4. The summed E-state index contributed by atoms with van der Waals surface area (Å²) in [6, 6.07) is 14.9. The monoisotopic (exact) mass is 456 g/mol. The molecular formula is C24H28N2O7. The molecule has 0 spiro atoms. The van der Waals surface area contributed by atoms with E-state index in [-0.39, 0.29) is 31.4 Å². The van der Waals surface area contributed by atoms with Crippen molar-refractivity contribution in [1.82, 2.24) is 10.2 Å². The fourth-order valence-corrected chi connectivity index (χ4v) is 3.31. The zero-order valence-corrected chi connectivity index (χ0v) is 18.5. The Morgan fingerprint density at radius 3 is 2.30 bits per heavy atom. The molecule has 2 aromatic rings. The maximum absolute atomic E-state index is 13.0. The van der Waals surface area contributed by atoms with E-state index in [1.54, 1.807) is 43.5 Å². The van der Waals surface area contributed by atoms with Gasteiger partial charge in [-0.3, -0.25) is 14.4 Å². The minimum absolute atomic E-state index is 0.0422. The molecule has 1 heterocycles. The van der Waals surface area contributed by atoms with Gasteiger partial charge in [0, 0.05) is 25.8 Å². The highest BCUT2D eigenvalue weighted by Gasteiger charge is 2.35. The van der Waals surface area contributed by atoms with Crippen LogP contribution >= 0.6 is 0 Å². The summed E-state index contributed by atoms with van der Waals surface area (Å²) in [6.07, 6.45) is -0.235. The Balaban J connectivity index is 1.53. The van der Waals surface area contributed by atoms with E-state index in [1.165, 1.54) is 4.90 Å². The van der Waals surface area contributed by atoms with Crippen LogP contribution in [-0.2, 0) is 19.1 Å². The zero-order chi connectivity index (χ0) is 23.5. The lowest BCUT2D eigenvalue weighted by Gasteiger charge is -2.34. The van der Waals surface area contributed by atoms with Gasteiger partial charge in [0.1, 0.15) is 37.4 Å². The average Bonchev–Trinajstić information content (AvgIpc) is 2.84. The van der Waals surface area contributed by atoms with E-state index in [9.17, 15) is 14.4 Å². The largest absolute Gasteiger partial charge is 0.491 e. The number of ether oxygens (including phenoxy) is 4. The topological polar surface area (TPSA) is 103 Å². The summed E-state index contributed by atoms with van der Waals surface area (Å²) in [5.41, 5.74) is 0.401. The van der Waals surface area contributed by atoms with Crippen LogP contribution < -0.4 is 14.8 Å². The highest BCUT2D eigenvalue weighted by Crippen LogP contribution is 2.18. The summed E-state index contributed by atoms with van der Waals surface area (Å²) in [4.78, 5) is 39.2. The van der Waals surface area contributed by atoms with Gasteiger partial charge in [-0.2, -0.15) is 0 Å². The van der Waals surface area contributed by atoms with Crippen molar-refractivity contribution in [3.05, 3.63) is 60.2 Å². The summed E-state index contributed by atoms with van der Waals surface area (Å²) in [5, 5.41) is 2.70. The zero-order valence-electron chi connectivity index (χ0n) is 18.5. The number of hydrogen-bond donors (Lipinski definition) is 1. The van der Waals surface area contributed by atoms with Crippen molar-refractivity contribution in [1.29, 1.82) is 0 Å². The number of carbonyl (C=O) groups is 3. The molecule has 0 aliphatic carbocycles. The summed E-state index contributed by atoms with van der Waals surface area (Å²) < 4.78 is 21.1. The smallest absolute Gasteiger partial charge is 0.308 e. The summed E-state index contributed by atoms with van der Waals surface area (Å²) in [7, 11) is 1.59. The van der Waals surface area contributed by atoms with Crippen LogP contribution in [-0.4, -0.2) is 75.4 Å². The van der Waals surface area contributed by atoms with Crippen molar-refractivity contribution in [3.63, 3.8) is 0 Å². The summed E-state index contributed by atoms with van der Waals surface area (Å²) in [6.45, 7) is 1.70. The first-order valence-electron chi connectivity index (χ1n) is 10.7. The van der Waals surface area contributed by atoms with Crippen molar-refractivity contribution in [3.8, 4) is 11.5 Å². The normalized spacial score (nSPS) is 15.5. The molecule has 0 aromatic heterocycles. The highest BCUT2D eigenvalue weighted by atomic mass is 16.6. The minimum Gasteiger partial charge on any atom is -0.491 e. The number of benzene rings is 2. The lowest BCUT2D eigenvalue weighted by atomic mass is 10.1. The van der Waals surface area contributed by atoms with Crippen LogP contribution in [0.3, 0.4) is 0 Å². The third-order valence-electron chi connectivity index (χ3n) is 4.97. The third kappa shape index (κ3) is 7.21. The number of esters is 1. The Morgan fingerprint density at radius 1 is 0.939 bits per heavy atom. The SMILES string of the molecule is COCCOc1ccc(C(=O)N2CCNC(=O)C2CC(=O)OCCOc2ccccc2)cc1. The van der Waals surface area contributed by atoms with E-state index in [1.807, 2.05) is 18.2 Å². The molecule has 1 aliphatic rings. The Hall–Kier alpha value is -3.59. The molecule has 0 radical (unpaired) electrons. The molecule has 1 unspecified atom stereocenters. The van der Waals surface area contributed by atoms with Crippen LogP contribution in [0.15, 0.2) is 54.6 Å². The van der Waals surface area contributed by atoms with Gasteiger partial charge in [0.25, 0.3) is 5.91 Å². The van der Waals surface area contributed by atoms with E-state index in [4.69, 9.17) is 18.9 Å². The average molecular weight is 456 g/mol. The van der Waals surface area contributed by atoms with Crippen LogP contribution in [0, 0.1) is 0 Å². The molecule has 1 saturated heterocycles. The van der Waals surface area contributed by atoms with Crippen LogP contribution in [0.1, 0.15) is 16.8 Å². The molecule has 1 fully saturated rings. The van der Waals surface area contributed by atoms with Crippen LogP contribution in [0.4, 0.5) is 0 Å². The van der Waals surface area contributed by atoms with Crippen LogP contribution in [0.25, 0.3) is 0 Å². The first kappa shape index (κ1) is 24.1. The molecule has 3 rings (SSSR count). The van der Waals surface area contributed by atoms with Gasteiger partial charge in [-0.15, -0.1) is 0 Å². The lowest BCUT2D eigenvalue weighted by Crippen LogP contribution is -2.57. The molecule has 9 heteroatoms. The maximum atomic E-state index is 13.0. The Morgan fingerprint density at radius 2 is 1.61 bits per heavy atom. The first-order valence-corrected chi connectivity index (χ1v) is 10.7. The number of amides is 2. The van der Waals surface area contributed by atoms with E-state index >= 15 is 0 Å². The molecule has 2 aromatic carbocycles. The molecule has 0 bridgehead atoms.